The molecule has 0 saturated carbocycles. The van der Waals surface area contributed by atoms with Crippen molar-refractivity contribution >= 4 is 23.6 Å². The maximum Gasteiger partial charge on any atom is 0.326 e. The zero-order valence-corrected chi connectivity index (χ0v) is 11.7. The summed E-state index contributed by atoms with van der Waals surface area (Å²) in [5.74, 6) is 0.274. The van der Waals surface area contributed by atoms with Crippen molar-refractivity contribution in [2.75, 3.05) is 18.8 Å². The Morgan fingerprint density at radius 3 is 2.85 bits per heavy atom. The Labute approximate surface area is 120 Å². The van der Waals surface area contributed by atoms with E-state index < -0.39 is 17.9 Å². The Bertz CT molecular complexity index is 519. The molecule has 7 heteroatoms. The highest BCUT2D eigenvalue weighted by Crippen LogP contribution is 2.32. The minimum atomic E-state index is -1.03. The first kappa shape index (κ1) is 14.5. The van der Waals surface area contributed by atoms with Crippen LogP contribution in [0.2, 0.25) is 0 Å². The number of benzene rings is 1. The number of rotatable bonds is 6. The number of carbonyl (C=O) groups excluding carboxylic acids is 1. The van der Waals surface area contributed by atoms with Gasteiger partial charge in [0.25, 0.3) is 5.91 Å². The van der Waals surface area contributed by atoms with Gasteiger partial charge in [-0.05, 0) is 36.6 Å². The average molecular weight is 297 g/mol. The van der Waals surface area contributed by atoms with Crippen molar-refractivity contribution in [3.8, 4) is 11.5 Å². The van der Waals surface area contributed by atoms with Gasteiger partial charge in [0.05, 0.1) is 0 Å². The SMILES string of the molecule is CSCC[C@H](NC(=O)c1ccc2c(c1)OCO2)C(=O)O. The molecule has 0 bridgehead atoms. The average Bonchev–Trinajstić information content (AvgIpc) is 2.90. The molecule has 1 atom stereocenters. The third kappa shape index (κ3) is 3.36. The van der Waals surface area contributed by atoms with E-state index in [-0.39, 0.29) is 6.79 Å². The first-order valence-electron chi connectivity index (χ1n) is 6.04. The predicted octanol–water partition coefficient (Wildman–Crippen LogP) is 1.35. The van der Waals surface area contributed by atoms with Crippen LogP contribution in [0.15, 0.2) is 18.2 Å². The lowest BCUT2D eigenvalue weighted by Crippen LogP contribution is -2.41. The highest BCUT2D eigenvalue weighted by molar-refractivity contribution is 7.98. The lowest BCUT2D eigenvalue weighted by molar-refractivity contribution is -0.139. The molecule has 20 heavy (non-hydrogen) atoms. The Balaban J connectivity index is 2.04. The molecule has 0 radical (unpaired) electrons. The summed E-state index contributed by atoms with van der Waals surface area (Å²) < 4.78 is 10.3. The van der Waals surface area contributed by atoms with Gasteiger partial charge in [-0.1, -0.05) is 0 Å². The van der Waals surface area contributed by atoms with Crippen molar-refractivity contribution in [3.63, 3.8) is 0 Å². The van der Waals surface area contributed by atoms with Crippen LogP contribution < -0.4 is 14.8 Å². The number of fused-ring (bicyclic) bond motifs is 1. The number of hydrogen-bond acceptors (Lipinski definition) is 5. The molecule has 0 unspecified atom stereocenters. The van der Waals surface area contributed by atoms with Crippen molar-refractivity contribution in [1.29, 1.82) is 0 Å². The molecule has 0 aliphatic carbocycles. The second-order valence-corrected chi connectivity index (χ2v) is 5.20. The zero-order valence-electron chi connectivity index (χ0n) is 10.9. The van der Waals surface area contributed by atoms with Gasteiger partial charge in [-0.2, -0.15) is 11.8 Å². The number of aliphatic carboxylic acids is 1. The van der Waals surface area contributed by atoms with Crippen LogP contribution in [0.5, 0.6) is 11.5 Å². The Kier molecular flexibility index (Phi) is 4.73. The maximum absolute atomic E-state index is 12.0. The van der Waals surface area contributed by atoms with Crippen LogP contribution in [-0.4, -0.2) is 41.8 Å². The molecule has 1 heterocycles. The van der Waals surface area contributed by atoms with Crippen molar-refractivity contribution < 1.29 is 24.2 Å². The van der Waals surface area contributed by atoms with E-state index >= 15 is 0 Å². The Morgan fingerprint density at radius 2 is 2.15 bits per heavy atom. The number of amides is 1. The number of carboxylic acids is 1. The number of hydrogen-bond donors (Lipinski definition) is 2. The summed E-state index contributed by atoms with van der Waals surface area (Å²) in [7, 11) is 0. The minimum Gasteiger partial charge on any atom is -0.480 e. The van der Waals surface area contributed by atoms with E-state index in [1.165, 1.54) is 11.8 Å². The number of ether oxygens (including phenoxy) is 2. The molecular formula is C13H15NO5S. The fraction of sp³-hybridized carbons (Fsp3) is 0.385. The molecule has 6 nitrogen and oxygen atoms in total. The molecule has 1 amide bonds. The second kappa shape index (κ2) is 6.51. The Morgan fingerprint density at radius 1 is 1.40 bits per heavy atom. The normalized spacial score (nSPS) is 13.8. The smallest absolute Gasteiger partial charge is 0.326 e. The lowest BCUT2D eigenvalue weighted by Gasteiger charge is -2.14. The van der Waals surface area contributed by atoms with E-state index in [1.807, 2.05) is 6.26 Å². The van der Waals surface area contributed by atoms with Crippen LogP contribution in [0.25, 0.3) is 0 Å². The third-order valence-corrected chi connectivity index (χ3v) is 3.49. The van der Waals surface area contributed by atoms with Crippen LogP contribution >= 0.6 is 11.8 Å². The third-order valence-electron chi connectivity index (χ3n) is 2.85. The number of carbonyl (C=O) groups is 2. The number of thioether (sulfide) groups is 1. The van der Waals surface area contributed by atoms with Gasteiger partial charge in [0.15, 0.2) is 11.5 Å². The number of carboxylic acid groups (broad SMARTS) is 1. The van der Waals surface area contributed by atoms with Gasteiger partial charge < -0.3 is 19.9 Å². The molecular weight excluding hydrogens is 282 g/mol. The van der Waals surface area contributed by atoms with Gasteiger partial charge >= 0.3 is 5.97 Å². The summed E-state index contributed by atoms with van der Waals surface area (Å²) in [5.41, 5.74) is 0.352. The monoisotopic (exact) mass is 297 g/mol. The van der Waals surface area contributed by atoms with Crippen LogP contribution in [0.3, 0.4) is 0 Å². The molecule has 0 saturated heterocycles. The summed E-state index contributed by atoms with van der Waals surface area (Å²) in [4.78, 5) is 23.1. The predicted molar refractivity (Wildman–Crippen MR) is 74.5 cm³/mol. The van der Waals surface area contributed by atoms with Gasteiger partial charge in [0.1, 0.15) is 6.04 Å². The molecule has 1 aliphatic rings. The molecule has 0 aromatic heterocycles. The summed E-state index contributed by atoms with van der Waals surface area (Å²) in [5, 5.41) is 11.6. The van der Waals surface area contributed by atoms with Crippen molar-refractivity contribution in [2.24, 2.45) is 0 Å². The summed E-state index contributed by atoms with van der Waals surface area (Å²) in [6, 6.07) is 3.87. The van der Waals surface area contributed by atoms with Gasteiger partial charge in [-0.15, -0.1) is 0 Å². The molecule has 108 valence electrons. The van der Waals surface area contributed by atoms with Crippen LogP contribution in [-0.2, 0) is 4.79 Å². The van der Waals surface area contributed by atoms with Crippen LogP contribution in [0.4, 0.5) is 0 Å². The standard InChI is InChI=1S/C13H15NO5S/c1-20-5-4-9(13(16)17)14-12(15)8-2-3-10-11(6-8)19-7-18-10/h2-3,6,9H,4-5,7H2,1H3,(H,14,15)(H,16,17)/t9-/m0/s1. The van der Waals surface area contributed by atoms with Gasteiger partial charge in [0.2, 0.25) is 6.79 Å². The quantitative estimate of drug-likeness (QED) is 0.824. The van der Waals surface area contributed by atoms with E-state index in [9.17, 15) is 9.59 Å². The first-order chi connectivity index (χ1) is 9.61. The second-order valence-electron chi connectivity index (χ2n) is 4.21. The largest absolute Gasteiger partial charge is 0.480 e. The summed E-state index contributed by atoms with van der Waals surface area (Å²) in [6.07, 6.45) is 2.27. The first-order valence-corrected chi connectivity index (χ1v) is 7.43. The molecule has 2 N–H and O–H groups in total. The van der Waals surface area contributed by atoms with Crippen molar-refractivity contribution in [2.45, 2.75) is 12.5 Å². The van der Waals surface area contributed by atoms with Crippen LogP contribution in [0.1, 0.15) is 16.8 Å². The van der Waals surface area contributed by atoms with Gasteiger partial charge in [-0.3, -0.25) is 4.79 Å². The topological polar surface area (TPSA) is 84.9 Å². The summed E-state index contributed by atoms with van der Waals surface area (Å²) in [6.45, 7) is 0.131. The number of nitrogens with one attached hydrogen (secondary N) is 1. The molecule has 2 rings (SSSR count). The van der Waals surface area contributed by atoms with Gasteiger partial charge in [-0.25, -0.2) is 4.79 Å². The molecule has 1 aromatic carbocycles. The molecule has 0 spiro atoms. The fourth-order valence-corrected chi connectivity index (χ4v) is 2.24. The molecule has 1 aliphatic heterocycles. The van der Waals surface area contributed by atoms with E-state index in [1.54, 1.807) is 18.2 Å². The van der Waals surface area contributed by atoms with Gasteiger partial charge in [0, 0.05) is 5.56 Å². The van der Waals surface area contributed by atoms with Crippen LogP contribution in [0, 0.1) is 0 Å². The summed E-state index contributed by atoms with van der Waals surface area (Å²) >= 11 is 1.54. The maximum atomic E-state index is 12.0. The van der Waals surface area contributed by atoms with E-state index in [4.69, 9.17) is 14.6 Å². The van der Waals surface area contributed by atoms with Crippen molar-refractivity contribution in [1.82, 2.24) is 5.32 Å². The molecule has 1 aromatic rings. The van der Waals surface area contributed by atoms with E-state index in [0.717, 1.165) is 0 Å². The van der Waals surface area contributed by atoms with Crippen molar-refractivity contribution in [3.05, 3.63) is 23.8 Å². The lowest BCUT2D eigenvalue weighted by atomic mass is 10.1. The minimum absolute atomic E-state index is 0.131. The molecule has 0 fully saturated rings. The zero-order chi connectivity index (χ0) is 14.5. The highest BCUT2D eigenvalue weighted by Gasteiger charge is 2.22. The van der Waals surface area contributed by atoms with E-state index in [2.05, 4.69) is 5.32 Å². The Hall–Kier alpha value is -1.89. The highest BCUT2D eigenvalue weighted by atomic mass is 32.2. The fourth-order valence-electron chi connectivity index (χ4n) is 1.77. The van der Waals surface area contributed by atoms with E-state index in [0.29, 0.717) is 29.2 Å².